The van der Waals surface area contributed by atoms with Gasteiger partial charge in [0.1, 0.15) is 12.2 Å². The number of rotatable bonds is 6. The Bertz CT molecular complexity index is 1330. The number of halogens is 1. The number of hydrogen-bond acceptors (Lipinski definition) is 5. The van der Waals surface area contributed by atoms with Gasteiger partial charge in [-0.1, -0.05) is 40.2 Å². The van der Waals surface area contributed by atoms with Gasteiger partial charge in [0.15, 0.2) is 11.5 Å². The molecule has 4 amide bonds. The van der Waals surface area contributed by atoms with Gasteiger partial charge in [-0.3, -0.25) is 14.9 Å². The number of carbonyl (C=O) groups excluding carboxylic acids is 3. The summed E-state index contributed by atoms with van der Waals surface area (Å²) in [4.78, 5) is 39.2. The monoisotopic (exact) mass is 534 g/mol. The average Bonchev–Trinajstić information content (AvgIpc) is 2.81. The summed E-state index contributed by atoms with van der Waals surface area (Å²) in [5, 5.41) is 2.25. The fourth-order valence-corrected chi connectivity index (χ4v) is 4.04. The fraction of sp³-hybridized carbons (Fsp3) is 0.148. The van der Waals surface area contributed by atoms with Crippen LogP contribution in [-0.2, 0) is 16.2 Å². The number of amides is 4. The van der Waals surface area contributed by atoms with E-state index in [4.69, 9.17) is 9.47 Å². The summed E-state index contributed by atoms with van der Waals surface area (Å²) in [5.74, 6) is -0.486. The van der Waals surface area contributed by atoms with Crippen LogP contribution in [0.5, 0.6) is 11.5 Å². The second kappa shape index (κ2) is 10.1. The van der Waals surface area contributed by atoms with E-state index < -0.39 is 17.8 Å². The van der Waals surface area contributed by atoms with Crippen molar-refractivity contribution in [1.29, 1.82) is 0 Å². The summed E-state index contributed by atoms with van der Waals surface area (Å²) in [5.41, 5.74) is 3.57. The highest BCUT2D eigenvalue weighted by Crippen LogP contribution is 2.31. The number of imide groups is 2. The first-order chi connectivity index (χ1) is 16.7. The van der Waals surface area contributed by atoms with Gasteiger partial charge in [0.25, 0.3) is 11.8 Å². The number of carbonyl (C=O) groups is 3. The minimum Gasteiger partial charge on any atom is -0.493 e. The molecule has 1 heterocycles. The van der Waals surface area contributed by atoms with E-state index in [9.17, 15) is 14.4 Å². The molecule has 8 heteroatoms. The molecule has 0 aliphatic carbocycles. The zero-order valence-electron chi connectivity index (χ0n) is 19.4. The van der Waals surface area contributed by atoms with Crippen LogP contribution in [0.4, 0.5) is 10.5 Å². The lowest BCUT2D eigenvalue weighted by Crippen LogP contribution is -2.54. The lowest BCUT2D eigenvalue weighted by molar-refractivity contribution is -0.122. The first kappa shape index (κ1) is 24.2. The molecule has 0 unspecified atom stereocenters. The normalized spacial score (nSPS) is 14.8. The van der Waals surface area contributed by atoms with E-state index in [1.54, 1.807) is 30.3 Å². The number of hydrogen-bond donors (Lipinski definition) is 1. The smallest absolute Gasteiger partial charge is 0.335 e. The highest BCUT2D eigenvalue weighted by atomic mass is 79.9. The number of urea groups is 1. The van der Waals surface area contributed by atoms with Gasteiger partial charge in [0.05, 0.1) is 12.8 Å². The third-order valence-corrected chi connectivity index (χ3v) is 5.90. The third-order valence-electron chi connectivity index (χ3n) is 5.37. The predicted molar refractivity (Wildman–Crippen MR) is 136 cm³/mol. The molecule has 1 N–H and O–H groups in total. The summed E-state index contributed by atoms with van der Waals surface area (Å²) >= 11 is 3.41. The largest absolute Gasteiger partial charge is 0.493 e. The quantitative estimate of drug-likeness (QED) is 0.341. The number of nitrogens with zero attached hydrogens (tertiary/aromatic N) is 1. The van der Waals surface area contributed by atoms with Crippen molar-refractivity contribution in [2.45, 2.75) is 20.5 Å². The number of aryl methyl sites for hydroxylation is 2. The summed E-state index contributed by atoms with van der Waals surface area (Å²) in [7, 11) is 1.51. The maximum absolute atomic E-state index is 13.2. The second-order valence-corrected chi connectivity index (χ2v) is 9.04. The number of nitrogens with one attached hydrogen (secondary N) is 1. The molecule has 0 bridgehead atoms. The number of barbiturate groups is 1. The summed E-state index contributed by atoms with van der Waals surface area (Å²) in [6.07, 6.45) is 1.43. The summed E-state index contributed by atoms with van der Waals surface area (Å²) in [6.45, 7) is 4.09. The highest BCUT2D eigenvalue weighted by Gasteiger charge is 2.37. The van der Waals surface area contributed by atoms with E-state index in [1.165, 1.54) is 13.2 Å². The van der Waals surface area contributed by atoms with Gasteiger partial charge in [-0.2, -0.15) is 0 Å². The highest BCUT2D eigenvalue weighted by molar-refractivity contribution is 9.10. The van der Waals surface area contributed by atoms with Gasteiger partial charge >= 0.3 is 6.03 Å². The van der Waals surface area contributed by atoms with Crippen LogP contribution < -0.4 is 19.7 Å². The molecular formula is C27H23BrN2O5. The molecule has 0 atom stereocenters. The van der Waals surface area contributed by atoms with E-state index in [2.05, 4.69) is 21.2 Å². The molecule has 1 aliphatic heterocycles. The molecule has 0 aromatic heterocycles. The molecule has 178 valence electrons. The van der Waals surface area contributed by atoms with Crippen molar-refractivity contribution < 1.29 is 23.9 Å². The van der Waals surface area contributed by atoms with Crippen LogP contribution in [0, 0.1) is 13.8 Å². The molecule has 3 aromatic rings. The van der Waals surface area contributed by atoms with Crippen molar-refractivity contribution in [3.05, 3.63) is 93.0 Å². The average molecular weight is 535 g/mol. The predicted octanol–water partition coefficient (Wildman–Crippen LogP) is 5.32. The number of benzene rings is 3. The lowest BCUT2D eigenvalue weighted by Gasteiger charge is -2.27. The van der Waals surface area contributed by atoms with Crippen LogP contribution in [-0.4, -0.2) is 25.0 Å². The Morgan fingerprint density at radius 1 is 0.914 bits per heavy atom. The van der Waals surface area contributed by atoms with Crippen molar-refractivity contribution >= 4 is 45.5 Å². The first-order valence-corrected chi connectivity index (χ1v) is 11.6. The Morgan fingerprint density at radius 3 is 2.26 bits per heavy atom. The minimum absolute atomic E-state index is 0.158. The third kappa shape index (κ3) is 5.44. The molecule has 35 heavy (non-hydrogen) atoms. The van der Waals surface area contributed by atoms with Gasteiger partial charge in [-0.15, -0.1) is 0 Å². The summed E-state index contributed by atoms with van der Waals surface area (Å²) < 4.78 is 12.3. The molecule has 0 radical (unpaired) electrons. The van der Waals surface area contributed by atoms with E-state index >= 15 is 0 Å². The van der Waals surface area contributed by atoms with Crippen LogP contribution in [0.15, 0.2) is 70.7 Å². The molecule has 7 nitrogen and oxygen atoms in total. The van der Waals surface area contributed by atoms with E-state index in [0.29, 0.717) is 29.4 Å². The molecule has 4 rings (SSSR count). The van der Waals surface area contributed by atoms with Crippen LogP contribution >= 0.6 is 15.9 Å². The number of anilines is 1. The minimum atomic E-state index is -0.781. The zero-order chi connectivity index (χ0) is 25.1. The summed E-state index contributed by atoms with van der Waals surface area (Å²) in [6, 6.07) is 17.5. The van der Waals surface area contributed by atoms with Crippen molar-refractivity contribution in [2.24, 2.45) is 0 Å². The second-order valence-electron chi connectivity index (χ2n) is 8.13. The molecule has 1 aliphatic rings. The molecule has 1 fully saturated rings. The maximum Gasteiger partial charge on any atom is 0.335 e. The van der Waals surface area contributed by atoms with Crippen molar-refractivity contribution in [1.82, 2.24) is 5.32 Å². The van der Waals surface area contributed by atoms with Gasteiger partial charge in [-0.05, 0) is 78.6 Å². The Balaban J connectivity index is 1.60. The lowest BCUT2D eigenvalue weighted by atomic mass is 10.0. The molecular weight excluding hydrogens is 512 g/mol. The van der Waals surface area contributed by atoms with E-state index in [0.717, 1.165) is 26.1 Å². The molecule has 3 aromatic carbocycles. The van der Waals surface area contributed by atoms with Crippen molar-refractivity contribution in [2.75, 3.05) is 12.0 Å². The van der Waals surface area contributed by atoms with E-state index in [-0.39, 0.29) is 5.57 Å². The zero-order valence-corrected chi connectivity index (χ0v) is 21.0. The Labute approximate surface area is 211 Å². The topological polar surface area (TPSA) is 84.9 Å². The van der Waals surface area contributed by atoms with Gasteiger partial charge in [0, 0.05) is 4.47 Å². The van der Waals surface area contributed by atoms with Gasteiger partial charge in [-0.25, -0.2) is 9.69 Å². The Hall–Kier alpha value is -3.91. The maximum atomic E-state index is 13.2. The number of ether oxygens (including phenoxy) is 2. The fourth-order valence-electron chi connectivity index (χ4n) is 3.77. The molecule has 0 spiro atoms. The SMILES string of the molecule is COc1cc(/C=C2\C(=O)NC(=O)N(c3cc(C)cc(C)c3)C2=O)ccc1OCc1ccc(Br)cc1. The van der Waals surface area contributed by atoms with Crippen molar-refractivity contribution in [3.8, 4) is 11.5 Å². The van der Waals surface area contributed by atoms with Crippen LogP contribution in [0.2, 0.25) is 0 Å². The van der Waals surface area contributed by atoms with Gasteiger partial charge < -0.3 is 9.47 Å². The first-order valence-electron chi connectivity index (χ1n) is 10.8. The van der Waals surface area contributed by atoms with Crippen LogP contribution in [0.1, 0.15) is 22.3 Å². The molecule has 1 saturated heterocycles. The van der Waals surface area contributed by atoms with Crippen LogP contribution in [0.25, 0.3) is 6.08 Å². The van der Waals surface area contributed by atoms with E-state index in [1.807, 2.05) is 44.2 Å². The Kier molecular flexibility index (Phi) is 7.02. The van der Waals surface area contributed by atoms with Crippen LogP contribution in [0.3, 0.4) is 0 Å². The molecule has 0 saturated carbocycles. The standard InChI is InChI=1S/C27H23BrN2O5/c1-16-10-17(2)12-21(11-16)30-26(32)22(25(31)29-27(30)33)13-19-6-9-23(24(14-19)34-3)35-15-18-4-7-20(28)8-5-18/h4-14H,15H2,1-3H3,(H,29,31,33)/b22-13+. The van der Waals surface area contributed by atoms with Crippen molar-refractivity contribution in [3.63, 3.8) is 0 Å². The number of methoxy groups -OCH3 is 1. The Morgan fingerprint density at radius 2 is 1.60 bits per heavy atom. The van der Waals surface area contributed by atoms with Gasteiger partial charge in [0.2, 0.25) is 0 Å².